The van der Waals surface area contributed by atoms with Crippen LogP contribution in [0.1, 0.15) is 29.7 Å². The normalized spacial score (nSPS) is 24.1. The zero-order chi connectivity index (χ0) is 24.6. The molecule has 1 saturated carbocycles. The number of piperazine rings is 1. The molecule has 12 heteroatoms. The molecule has 1 aromatic carbocycles. The third-order valence-corrected chi connectivity index (χ3v) is 6.58. The minimum Gasteiger partial charge on any atom is -0.493 e. The van der Waals surface area contributed by atoms with Crippen molar-refractivity contribution in [2.24, 2.45) is 15.1 Å². The summed E-state index contributed by atoms with van der Waals surface area (Å²) >= 11 is 0. The van der Waals surface area contributed by atoms with Gasteiger partial charge in [0.1, 0.15) is 5.69 Å². The van der Waals surface area contributed by atoms with Gasteiger partial charge in [-0.2, -0.15) is 10.4 Å². The van der Waals surface area contributed by atoms with Crippen molar-refractivity contribution in [2.75, 3.05) is 26.2 Å². The Labute approximate surface area is 207 Å². The summed E-state index contributed by atoms with van der Waals surface area (Å²) in [5.74, 6) is 1.18. The SMILES string of the molecule is N#Cc1cccc(CN2CCN(C3=NC4/C(=C/c5[nH]c(=O)[nH]c5O)C=NN4C(=NC4CC4)N3)CC2)c1. The van der Waals surface area contributed by atoms with Gasteiger partial charge in [0.05, 0.1) is 23.9 Å². The topological polar surface area (TPSA) is 152 Å². The van der Waals surface area contributed by atoms with Gasteiger partial charge in [0.2, 0.25) is 17.8 Å². The number of aliphatic imine (C=N–C) groups is 2. The van der Waals surface area contributed by atoms with E-state index >= 15 is 0 Å². The van der Waals surface area contributed by atoms with E-state index in [2.05, 4.69) is 42.3 Å². The van der Waals surface area contributed by atoms with Crippen molar-refractivity contribution >= 4 is 24.2 Å². The first-order chi connectivity index (χ1) is 17.6. The highest BCUT2D eigenvalue weighted by molar-refractivity contribution is 6.04. The Kier molecular flexibility index (Phi) is 5.54. The molecule has 4 heterocycles. The van der Waals surface area contributed by atoms with Crippen molar-refractivity contribution in [1.82, 2.24) is 30.1 Å². The maximum absolute atomic E-state index is 11.6. The van der Waals surface area contributed by atoms with Gasteiger partial charge in [-0.25, -0.2) is 19.8 Å². The Balaban J connectivity index is 1.20. The van der Waals surface area contributed by atoms with Crippen LogP contribution < -0.4 is 11.0 Å². The van der Waals surface area contributed by atoms with Gasteiger partial charge in [0.15, 0.2) is 6.17 Å². The first kappa shape index (κ1) is 22.1. The fourth-order valence-electron chi connectivity index (χ4n) is 4.52. The molecule has 2 fully saturated rings. The number of aromatic amines is 2. The molecule has 1 unspecified atom stereocenters. The first-order valence-electron chi connectivity index (χ1n) is 12.0. The monoisotopic (exact) mass is 486 g/mol. The van der Waals surface area contributed by atoms with Crippen molar-refractivity contribution in [2.45, 2.75) is 31.6 Å². The molecule has 36 heavy (non-hydrogen) atoms. The number of H-pyrrole nitrogens is 2. The smallest absolute Gasteiger partial charge is 0.326 e. The summed E-state index contributed by atoms with van der Waals surface area (Å²) < 4.78 is 0. The van der Waals surface area contributed by atoms with Crippen LogP contribution >= 0.6 is 0 Å². The maximum atomic E-state index is 11.6. The van der Waals surface area contributed by atoms with Crippen molar-refractivity contribution in [3.8, 4) is 11.9 Å². The highest BCUT2D eigenvalue weighted by Crippen LogP contribution is 2.28. The molecule has 6 rings (SSSR count). The molecule has 12 nitrogen and oxygen atoms in total. The third-order valence-electron chi connectivity index (χ3n) is 6.58. The van der Waals surface area contributed by atoms with Crippen molar-refractivity contribution in [3.63, 3.8) is 0 Å². The molecule has 1 atom stereocenters. The Morgan fingerprint density at radius 3 is 2.78 bits per heavy atom. The second kappa shape index (κ2) is 9.01. The fraction of sp³-hybridized carbons (Fsp3) is 0.375. The Morgan fingerprint density at radius 2 is 2.06 bits per heavy atom. The van der Waals surface area contributed by atoms with Crippen LogP contribution in [0.4, 0.5) is 0 Å². The lowest BCUT2D eigenvalue weighted by atomic mass is 10.1. The molecule has 184 valence electrons. The largest absolute Gasteiger partial charge is 0.493 e. The van der Waals surface area contributed by atoms with Gasteiger partial charge >= 0.3 is 5.69 Å². The average molecular weight is 487 g/mol. The minimum absolute atomic E-state index is 0.221. The molecular weight excluding hydrogens is 460 g/mol. The number of imidazole rings is 1. The van der Waals surface area contributed by atoms with Crippen LogP contribution in [0.5, 0.6) is 5.88 Å². The van der Waals surface area contributed by atoms with E-state index in [1.165, 1.54) is 0 Å². The second-order valence-corrected chi connectivity index (χ2v) is 9.29. The van der Waals surface area contributed by atoms with Crippen LogP contribution in [0, 0.1) is 11.3 Å². The summed E-state index contributed by atoms with van der Waals surface area (Å²) in [5.41, 5.74) is 2.36. The zero-order valence-corrected chi connectivity index (χ0v) is 19.6. The lowest BCUT2D eigenvalue weighted by Crippen LogP contribution is -2.59. The highest BCUT2D eigenvalue weighted by atomic mass is 16.3. The number of nitrogens with one attached hydrogen (secondary N) is 3. The average Bonchev–Trinajstić information content (AvgIpc) is 3.52. The van der Waals surface area contributed by atoms with Gasteiger partial charge in [-0.15, -0.1) is 0 Å². The van der Waals surface area contributed by atoms with E-state index in [0.717, 1.165) is 62.7 Å². The number of hydrogen-bond donors (Lipinski definition) is 4. The van der Waals surface area contributed by atoms with Crippen LogP contribution in [0.3, 0.4) is 0 Å². The Morgan fingerprint density at radius 1 is 1.22 bits per heavy atom. The predicted octanol–water partition coefficient (Wildman–Crippen LogP) is 0.587. The maximum Gasteiger partial charge on any atom is 0.326 e. The van der Waals surface area contributed by atoms with Crippen LogP contribution in [-0.2, 0) is 6.54 Å². The fourth-order valence-corrected chi connectivity index (χ4v) is 4.52. The summed E-state index contributed by atoms with van der Waals surface area (Å²) in [5, 5.41) is 28.8. The standard InChI is InChI=1S/C24H26N10O2/c25-12-15-2-1-3-16(10-15)14-32-6-8-33(9-7-32)22-29-20-17(11-19-21(35)30-24(36)28-19)13-26-34(20)23(31-22)27-18-4-5-18/h1-3,10-11,13,18,20,35H,4-9,14H2,(H,27,29,31)(H2,28,30,36)/b17-11+. The number of aromatic hydroxyl groups is 1. The quantitative estimate of drug-likeness (QED) is 0.494. The molecule has 2 aromatic rings. The number of rotatable bonds is 4. The lowest BCUT2D eigenvalue weighted by molar-refractivity contribution is 0.171. The molecule has 0 bridgehead atoms. The molecule has 1 aromatic heterocycles. The molecule has 0 spiro atoms. The van der Waals surface area contributed by atoms with E-state index in [0.29, 0.717) is 17.6 Å². The van der Waals surface area contributed by atoms with Crippen LogP contribution in [0.15, 0.2) is 49.7 Å². The van der Waals surface area contributed by atoms with Gasteiger partial charge in [-0.1, -0.05) is 12.1 Å². The molecule has 1 aliphatic carbocycles. The Hall–Kier alpha value is -4.37. The van der Waals surface area contributed by atoms with Gasteiger partial charge < -0.3 is 15.0 Å². The highest BCUT2D eigenvalue weighted by Gasteiger charge is 2.37. The second-order valence-electron chi connectivity index (χ2n) is 9.29. The molecule has 4 aliphatic rings. The number of nitrogens with zero attached hydrogens (tertiary/aromatic N) is 7. The van der Waals surface area contributed by atoms with E-state index in [1.807, 2.05) is 18.2 Å². The van der Waals surface area contributed by atoms with E-state index < -0.39 is 11.9 Å². The molecule has 4 N–H and O–H groups in total. The number of nitriles is 1. The lowest BCUT2D eigenvalue weighted by Gasteiger charge is -2.39. The number of aromatic nitrogens is 2. The van der Waals surface area contributed by atoms with E-state index in [4.69, 9.17) is 15.2 Å². The predicted molar refractivity (Wildman–Crippen MR) is 134 cm³/mol. The number of hydrogen-bond acceptors (Lipinski definition) is 8. The van der Waals surface area contributed by atoms with Gasteiger partial charge in [0.25, 0.3) is 0 Å². The number of fused-ring (bicyclic) bond motifs is 1. The van der Waals surface area contributed by atoms with Gasteiger partial charge in [-0.05, 0) is 36.6 Å². The Bertz CT molecular complexity index is 1380. The summed E-state index contributed by atoms with van der Waals surface area (Å²) in [4.78, 5) is 30.8. The summed E-state index contributed by atoms with van der Waals surface area (Å²) in [6.07, 6.45) is 5.04. The molecule has 1 saturated heterocycles. The van der Waals surface area contributed by atoms with Crippen molar-refractivity contribution in [3.05, 3.63) is 57.1 Å². The van der Waals surface area contributed by atoms with Gasteiger partial charge in [0, 0.05) is 38.3 Å². The van der Waals surface area contributed by atoms with Crippen LogP contribution in [0.25, 0.3) is 6.08 Å². The number of guanidine groups is 2. The number of hydrazone groups is 1. The van der Waals surface area contributed by atoms with Crippen molar-refractivity contribution < 1.29 is 5.11 Å². The van der Waals surface area contributed by atoms with Crippen molar-refractivity contribution in [1.29, 1.82) is 5.26 Å². The van der Waals surface area contributed by atoms with Gasteiger partial charge in [-0.3, -0.25) is 15.2 Å². The summed E-state index contributed by atoms with van der Waals surface area (Å²) in [6.45, 7) is 4.10. The van der Waals surface area contributed by atoms with E-state index in [1.54, 1.807) is 17.3 Å². The summed E-state index contributed by atoms with van der Waals surface area (Å²) in [6, 6.07) is 10.2. The van der Waals surface area contributed by atoms with E-state index in [-0.39, 0.29) is 11.6 Å². The van der Waals surface area contributed by atoms with Crippen LogP contribution in [0.2, 0.25) is 0 Å². The third kappa shape index (κ3) is 4.48. The van der Waals surface area contributed by atoms with E-state index in [9.17, 15) is 9.90 Å². The van der Waals surface area contributed by atoms with Crippen LogP contribution in [-0.4, -0.2) is 86.4 Å². The minimum atomic E-state index is -0.478. The first-order valence-corrected chi connectivity index (χ1v) is 12.0. The number of benzene rings is 1. The summed E-state index contributed by atoms with van der Waals surface area (Å²) in [7, 11) is 0. The molecule has 0 amide bonds. The molecule has 0 radical (unpaired) electrons. The molecular formula is C24H26N10O2. The molecule has 3 aliphatic heterocycles. The zero-order valence-electron chi connectivity index (χ0n) is 19.6.